The number of ether oxygens (including phenoxy) is 1. The van der Waals surface area contributed by atoms with Crippen molar-refractivity contribution >= 4 is 11.6 Å². The summed E-state index contributed by atoms with van der Waals surface area (Å²) in [6.45, 7) is 4.58. The Morgan fingerprint density at radius 2 is 2.06 bits per heavy atom. The standard InChI is InChI=1S/C25H26N6O5/c1-2-35-25-19(14-26)12-22(31(33)34)23(28-25)24(32)27-15-17-8-10-30(11-9-17)16-20-13-21(29-36-20)18-6-4-3-5-7-18/h3-7,12-13,17H,2,8-11,15-16H2,1H3,(H,27,32). The first kappa shape index (κ1) is 24.8. The molecule has 3 aromatic rings. The molecule has 1 saturated heterocycles. The number of nitrogens with zero attached hydrogens (tertiary/aromatic N) is 5. The summed E-state index contributed by atoms with van der Waals surface area (Å²) in [4.78, 5) is 29.7. The Hall–Kier alpha value is -4.30. The topological polar surface area (TPSA) is 147 Å². The van der Waals surface area contributed by atoms with E-state index in [4.69, 9.17) is 9.26 Å². The maximum absolute atomic E-state index is 12.7. The summed E-state index contributed by atoms with van der Waals surface area (Å²) in [6, 6.07) is 14.6. The van der Waals surface area contributed by atoms with E-state index in [1.807, 2.05) is 42.5 Å². The summed E-state index contributed by atoms with van der Waals surface area (Å²) in [5.74, 6) is 0.269. The number of likely N-dealkylation sites (tertiary alicyclic amines) is 1. The normalized spacial score (nSPS) is 14.2. The largest absolute Gasteiger partial charge is 0.477 e. The molecule has 36 heavy (non-hydrogen) atoms. The van der Waals surface area contributed by atoms with Crippen molar-refractivity contribution in [3.05, 3.63) is 69.6 Å². The van der Waals surface area contributed by atoms with Crippen molar-refractivity contribution in [1.82, 2.24) is 20.4 Å². The first-order chi connectivity index (χ1) is 17.5. The number of nitro groups is 1. The van der Waals surface area contributed by atoms with Crippen LogP contribution >= 0.6 is 0 Å². The van der Waals surface area contributed by atoms with Gasteiger partial charge in [-0.3, -0.25) is 19.8 Å². The molecule has 1 aliphatic heterocycles. The molecule has 2 aromatic heterocycles. The van der Waals surface area contributed by atoms with Crippen LogP contribution in [0.25, 0.3) is 11.3 Å². The molecule has 0 saturated carbocycles. The number of rotatable bonds is 9. The van der Waals surface area contributed by atoms with Crippen molar-refractivity contribution in [2.24, 2.45) is 5.92 Å². The summed E-state index contributed by atoms with van der Waals surface area (Å²) in [5.41, 5.74) is 0.840. The quantitative estimate of drug-likeness (QED) is 0.351. The van der Waals surface area contributed by atoms with E-state index >= 15 is 0 Å². The molecule has 3 heterocycles. The average molecular weight is 491 g/mol. The van der Waals surface area contributed by atoms with Crippen LogP contribution < -0.4 is 10.1 Å². The number of piperidine rings is 1. The number of nitrogens with one attached hydrogen (secondary N) is 1. The third-order valence-corrected chi connectivity index (χ3v) is 6.05. The van der Waals surface area contributed by atoms with Gasteiger partial charge in [0.25, 0.3) is 5.91 Å². The molecule has 0 atom stereocenters. The van der Waals surface area contributed by atoms with Gasteiger partial charge in [-0.1, -0.05) is 35.5 Å². The molecule has 1 N–H and O–H groups in total. The van der Waals surface area contributed by atoms with E-state index in [0.29, 0.717) is 13.1 Å². The van der Waals surface area contributed by atoms with E-state index in [1.54, 1.807) is 6.92 Å². The molecule has 4 rings (SSSR count). The Morgan fingerprint density at radius 1 is 1.31 bits per heavy atom. The van der Waals surface area contributed by atoms with Gasteiger partial charge in [0.1, 0.15) is 17.3 Å². The Balaban J connectivity index is 1.31. The predicted octanol–water partition coefficient (Wildman–Crippen LogP) is 3.56. The molecule has 0 bridgehead atoms. The van der Waals surface area contributed by atoms with Gasteiger partial charge in [-0.25, -0.2) is 0 Å². The van der Waals surface area contributed by atoms with Gasteiger partial charge in [0.05, 0.1) is 18.1 Å². The molecule has 1 aliphatic rings. The van der Waals surface area contributed by atoms with Crippen molar-refractivity contribution < 1.29 is 19.0 Å². The lowest BCUT2D eigenvalue weighted by atomic mass is 9.96. The highest BCUT2D eigenvalue weighted by molar-refractivity contribution is 5.96. The molecule has 1 fully saturated rings. The van der Waals surface area contributed by atoms with Gasteiger partial charge in [-0.15, -0.1) is 0 Å². The Labute approximate surface area is 207 Å². The van der Waals surface area contributed by atoms with Gasteiger partial charge in [0.15, 0.2) is 5.76 Å². The highest BCUT2D eigenvalue weighted by atomic mass is 16.6. The van der Waals surface area contributed by atoms with E-state index in [2.05, 4.69) is 20.4 Å². The van der Waals surface area contributed by atoms with Gasteiger partial charge >= 0.3 is 5.69 Å². The number of nitriles is 1. The highest BCUT2D eigenvalue weighted by Gasteiger charge is 2.27. The molecule has 1 amide bonds. The monoisotopic (exact) mass is 490 g/mol. The maximum Gasteiger partial charge on any atom is 0.302 e. The molecule has 0 spiro atoms. The maximum atomic E-state index is 12.7. The minimum atomic E-state index is -0.719. The first-order valence-electron chi connectivity index (χ1n) is 11.7. The van der Waals surface area contributed by atoms with Crippen LogP contribution in [-0.2, 0) is 6.54 Å². The average Bonchev–Trinajstić information content (AvgIpc) is 3.37. The molecule has 0 aliphatic carbocycles. The van der Waals surface area contributed by atoms with Crippen LogP contribution in [-0.4, -0.2) is 52.1 Å². The minimum absolute atomic E-state index is 0.0879. The zero-order valence-corrected chi connectivity index (χ0v) is 19.8. The van der Waals surface area contributed by atoms with Crippen molar-refractivity contribution in [2.45, 2.75) is 26.3 Å². The second kappa shape index (κ2) is 11.4. The van der Waals surface area contributed by atoms with Crippen molar-refractivity contribution in [1.29, 1.82) is 5.26 Å². The lowest BCUT2D eigenvalue weighted by molar-refractivity contribution is -0.385. The van der Waals surface area contributed by atoms with E-state index in [9.17, 15) is 20.2 Å². The van der Waals surface area contributed by atoms with Crippen LogP contribution in [0.4, 0.5) is 5.69 Å². The van der Waals surface area contributed by atoms with Gasteiger partial charge in [-0.2, -0.15) is 10.2 Å². The SMILES string of the molecule is CCOc1nc(C(=O)NCC2CCN(Cc3cc(-c4ccccc4)no3)CC2)c([N+](=O)[O-])cc1C#N. The highest BCUT2D eigenvalue weighted by Crippen LogP contribution is 2.26. The number of pyridine rings is 1. The number of aromatic nitrogens is 2. The van der Waals surface area contributed by atoms with Gasteiger partial charge in [-0.05, 0) is 38.8 Å². The Morgan fingerprint density at radius 3 is 2.72 bits per heavy atom. The number of hydrogen-bond donors (Lipinski definition) is 1. The molecule has 186 valence electrons. The van der Waals surface area contributed by atoms with Crippen LogP contribution in [0.2, 0.25) is 0 Å². The van der Waals surface area contributed by atoms with E-state index in [1.165, 1.54) is 0 Å². The number of hydrogen-bond acceptors (Lipinski definition) is 9. The number of carbonyl (C=O) groups excluding carboxylic acids is 1. The first-order valence-corrected chi connectivity index (χ1v) is 11.7. The lowest BCUT2D eigenvalue weighted by Crippen LogP contribution is -2.38. The Kier molecular flexibility index (Phi) is 7.87. The molecule has 11 heteroatoms. The summed E-state index contributed by atoms with van der Waals surface area (Å²) in [5, 5.41) is 27.6. The van der Waals surface area contributed by atoms with E-state index in [0.717, 1.165) is 49.0 Å². The van der Waals surface area contributed by atoms with Crippen molar-refractivity contribution in [2.75, 3.05) is 26.2 Å². The van der Waals surface area contributed by atoms with Crippen molar-refractivity contribution in [3.8, 4) is 23.2 Å². The molecule has 11 nitrogen and oxygen atoms in total. The van der Waals surface area contributed by atoms with Crippen LogP contribution in [0.5, 0.6) is 5.88 Å². The second-order valence-electron chi connectivity index (χ2n) is 8.48. The van der Waals surface area contributed by atoms with E-state index in [-0.39, 0.29) is 29.7 Å². The second-order valence-corrected chi connectivity index (χ2v) is 8.48. The number of carbonyl (C=O) groups is 1. The third kappa shape index (κ3) is 5.84. The van der Waals surface area contributed by atoms with E-state index < -0.39 is 16.5 Å². The fraction of sp³-hybridized carbons (Fsp3) is 0.360. The summed E-state index contributed by atoms with van der Waals surface area (Å²) >= 11 is 0. The van der Waals surface area contributed by atoms with Crippen LogP contribution in [0.3, 0.4) is 0 Å². The summed E-state index contributed by atoms with van der Waals surface area (Å²) < 4.78 is 10.8. The smallest absolute Gasteiger partial charge is 0.302 e. The fourth-order valence-corrected chi connectivity index (χ4v) is 4.14. The predicted molar refractivity (Wildman–Crippen MR) is 129 cm³/mol. The molecular weight excluding hydrogens is 464 g/mol. The Bertz CT molecular complexity index is 1260. The summed E-state index contributed by atoms with van der Waals surface area (Å²) in [7, 11) is 0. The summed E-state index contributed by atoms with van der Waals surface area (Å²) in [6.07, 6.45) is 1.71. The van der Waals surface area contributed by atoms with Gasteiger partial charge in [0.2, 0.25) is 11.6 Å². The zero-order valence-electron chi connectivity index (χ0n) is 19.8. The van der Waals surface area contributed by atoms with Gasteiger partial charge in [0, 0.05) is 24.2 Å². The number of amides is 1. The van der Waals surface area contributed by atoms with Crippen LogP contribution in [0, 0.1) is 27.4 Å². The third-order valence-electron chi connectivity index (χ3n) is 6.05. The number of benzene rings is 1. The van der Waals surface area contributed by atoms with Gasteiger partial charge < -0.3 is 14.6 Å². The minimum Gasteiger partial charge on any atom is -0.477 e. The van der Waals surface area contributed by atoms with Crippen LogP contribution in [0.1, 0.15) is 41.6 Å². The molecular formula is C25H26N6O5. The lowest BCUT2D eigenvalue weighted by Gasteiger charge is -2.31. The van der Waals surface area contributed by atoms with Crippen LogP contribution in [0.15, 0.2) is 47.0 Å². The zero-order chi connectivity index (χ0) is 25.5. The van der Waals surface area contributed by atoms with Crippen molar-refractivity contribution in [3.63, 3.8) is 0 Å². The fourth-order valence-electron chi connectivity index (χ4n) is 4.14. The molecule has 1 aromatic carbocycles. The molecule has 0 radical (unpaired) electrons. The molecule has 0 unspecified atom stereocenters.